The van der Waals surface area contributed by atoms with Crippen LogP contribution in [0.15, 0.2) is 0 Å². The zero-order valence-corrected chi connectivity index (χ0v) is 3.28. The smallest absolute Gasteiger partial charge is 0.0430 e. The molecular formula is C4H10O. The van der Waals surface area contributed by atoms with Crippen LogP contribution in [0.25, 0.3) is 0 Å². The molecule has 0 rings (SSSR count). The monoisotopic (exact) mass is 75.1 g/mol. The first-order valence-corrected chi connectivity index (χ1v) is 1.82. The summed E-state index contributed by atoms with van der Waals surface area (Å²) in [5, 5.41) is 8.11. The van der Waals surface area contributed by atoms with Crippen molar-refractivity contribution in [2.75, 3.05) is 6.61 Å². The third-order valence-corrected chi connectivity index (χ3v) is 0.408. The normalized spacial score (nSPS) is 11.0. The van der Waals surface area contributed by atoms with Gasteiger partial charge in [0, 0.05) is 7.98 Å². The second-order valence-corrected chi connectivity index (χ2v) is 0.931. The summed E-state index contributed by atoms with van der Waals surface area (Å²) in [6.45, 7) is 0.680. The van der Waals surface area contributed by atoms with Crippen molar-refractivity contribution in [2.24, 2.45) is 0 Å². The lowest BCUT2D eigenvalue weighted by atomic mass is 10.4. The molecule has 0 aromatic heterocycles. The number of unbranched alkanes of at least 4 members (excludes halogenated alkanes) is 1. The summed E-state index contributed by atoms with van der Waals surface area (Å²) in [7, 11) is 0. The Morgan fingerprint density at radius 1 is 2.00 bits per heavy atom. The fraction of sp³-hybridized carbons (Fsp3) is 1.00. The van der Waals surface area contributed by atoms with Crippen LogP contribution in [-0.2, 0) is 0 Å². The molecule has 0 atom stereocenters. The molecule has 0 saturated carbocycles. The molecule has 0 aliphatic heterocycles. The van der Waals surface area contributed by atoms with Gasteiger partial charge in [-0.25, -0.2) is 0 Å². The molecule has 0 aliphatic rings. The standard InChI is InChI=1S/C4H10O/c1-2-3-4-5/h5H,2-4H2,1H3/i1D. The van der Waals surface area contributed by atoms with Gasteiger partial charge < -0.3 is 5.11 Å². The zero-order chi connectivity index (χ0) is 4.83. The molecule has 0 aromatic carbocycles. The minimum absolute atomic E-state index is 0.235. The van der Waals surface area contributed by atoms with Gasteiger partial charge in [0.25, 0.3) is 0 Å². The lowest BCUT2D eigenvalue weighted by Crippen LogP contribution is -1.75. The van der Waals surface area contributed by atoms with Crippen LogP contribution in [0.1, 0.15) is 21.1 Å². The molecule has 0 fully saturated rings. The van der Waals surface area contributed by atoms with Gasteiger partial charge in [0.1, 0.15) is 0 Å². The number of aliphatic hydroxyl groups excluding tert-OH is 1. The van der Waals surface area contributed by atoms with Gasteiger partial charge in [-0.15, -0.1) is 0 Å². The first-order valence-electron chi connectivity index (χ1n) is 2.52. The van der Waals surface area contributed by atoms with Crippen LogP contribution < -0.4 is 0 Å². The van der Waals surface area contributed by atoms with Crippen molar-refractivity contribution >= 4 is 0 Å². The van der Waals surface area contributed by atoms with E-state index in [0.717, 1.165) is 12.8 Å². The van der Waals surface area contributed by atoms with E-state index in [1.165, 1.54) is 0 Å². The summed E-state index contributed by atoms with van der Waals surface area (Å²) in [5.41, 5.74) is 0. The molecule has 0 aliphatic carbocycles. The molecule has 32 valence electrons. The summed E-state index contributed by atoms with van der Waals surface area (Å²) in [4.78, 5) is 0. The largest absolute Gasteiger partial charge is 0.396 e. The first-order chi connectivity index (χ1) is 2.91. The van der Waals surface area contributed by atoms with Gasteiger partial charge in [0.15, 0.2) is 0 Å². The second kappa shape index (κ2) is 3.96. The fourth-order valence-electron chi connectivity index (χ4n) is 0.112. The highest BCUT2D eigenvalue weighted by molar-refractivity contribution is 4.23. The Morgan fingerprint density at radius 3 is 3.00 bits per heavy atom. The average molecular weight is 75.1 g/mol. The van der Waals surface area contributed by atoms with E-state index in [1.807, 2.05) is 0 Å². The fourth-order valence-corrected chi connectivity index (χ4v) is 0.112. The summed E-state index contributed by atoms with van der Waals surface area (Å²) in [6, 6.07) is 0. The molecule has 1 N–H and O–H groups in total. The van der Waals surface area contributed by atoms with Gasteiger partial charge in [0.05, 0.1) is 0 Å². The minimum Gasteiger partial charge on any atom is -0.396 e. The van der Waals surface area contributed by atoms with Crippen molar-refractivity contribution in [3.63, 3.8) is 0 Å². The third kappa shape index (κ3) is 3.96. The van der Waals surface area contributed by atoms with Crippen LogP contribution in [0, 0.1) is 0 Å². The average Bonchev–Trinajstić information content (AvgIpc) is 1.61. The number of hydrogen-bond acceptors (Lipinski definition) is 1. The van der Waals surface area contributed by atoms with E-state index in [-0.39, 0.29) is 6.61 Å². The maximum absolute atomic E-state index is 8.11. The lowest BCUT2D eigenvalue weighted by molar-refractivity contribution is 0.287. The van der Waals surface area contributed by atoms with Crippen LogP contribution >= 0.6 is 0 Å². The van der Waals surface area contributed by atoms with E-state index in [9.17, 15) is 0 Å². The Hall–Kier alpha value is -0.0400. The van der Waals surface area contributed by atoms with Crippen molar-refractivity contribution in [3.8, 4) is 0 Å². The van der Waals surface area contributed by atoms with Crippen molar-refractivity contribution < 1.29 is 6.48 Å². The number of rotatable bonds is 2. The maximum atomic E-state index is 8.11. The van der Waals surface area contributed by atoms with Crippen molar-refractivity contribution in [3.05, 3.63) is 0 Å². The zero-order valence-electron chi connectivity index (χ0n) is 4.28. The summed E-state index contributed by atoms with van der Waals surface area (Å²) >= 11 is 0. The molecule has 0 aromatic rings. The molecular weight excluding hydrogens is 64.0 g/mol. The van der Waals surface area contributed by atoms with E-state index in [1.54, 1.807) is 0 Å². The Kier molecular flexibility index (Phi) is 2.50. The van der Waals surface area contributed by atoms with Gasteiger partial charge in [-0.05, 0) is 6.42 Å². The molecule has 5 heavy (non-hydrogen) atoms. The van der Waals surface area contributed by atoms with Crippen LogP contribution in [0.2, 0.25) is 0 Å². The maximum Gasteiger partial charge on any atom is 0.0430 e. The van der Waals surface area contributed by atoms with Gasteiger partial charge in [0.2, 0.25) is 0 Å². The highest BCUT2D eigenvalue weighted by Crippen LogP contribution is 1.78. The minimum atomic E-state index is 0.235. The third-order valence-electron chi connectivity index (χ3n) is 0.408. The second-order valence-electron chi connectivity index (χ2n) is 0.931. The topological polar surface area (TPSA) is 20.2 Å². The lowest BCUT2D eigenvalue weighted by Gasteiger charge is -1.79. The van der Waals surface area contributed by atoms with Gasteiger partial charge in [-0.1, -0.05) is 13.3 Å². The Bertz CT molecular complexity index is 19.5. The van der Waals surface area contributed by atoms with Crippen LogP contribution in [0.4, 0.5) is 0 Å². The Morgan fingerprint density at radius 2 is 2.80 bits per heavy atom. The summed E-state index contributed by atoms with van der Waals surface area (Å²) in [6.07, 6.45) is 1.61. The molecule has 1 heteroatoms. The molecule has 0 saturated heterocycles. The van der Waals surface area contributed by atoms with Crippen molar-refractivity contribution in [1.82, 2.24) is 0 Å². The van der Waals surface area contributed by atoms with Gasteiger partial charge in [-0.3, -0.25) is 0 Å². The highest BCUT2D eigenvalue weighted by atomic mass is 16.2. The molecule has 0 unspecified atom stereocenters. The van der Waals surface area contributed by atoms with Crippen molar-refractivity contribution in [1.29, 1.82) is 0 Å². The predicted octanol–water partition coefficient (Wildman–Crippen LogP) is 0.779. The quantitative estimate of drug-likeness (QED) is 0.481. The van der Waals surface area contributed by atoms with E-state index < -0.39 is 0 Å². The summed E-state index contributed by atoms with van der Waals surface area (Å²) in [5.74, 6) is 0. The predicted molar refractivity (Wildman–Crippen MR) is 22.0 cm³/mol. The van der Waals surface area contributed by atoms with E-state index in [0.29, 0.717) is 6.90 Å². The molecule has 0 heterocycles. The highest BCUT2D eigenvalue weighted by Gasteiger charge is 1.69. The van der Waals surface area contributed by atoms with Crippen molar-refractivity contribution in [2.45, 2.75) is 19.7 Å². The first kappa shape index (κ1) is 3.16. The molecule has 0 radical (unpaired) electrons. The Balaban J connectivity index is 2.34. The van der Waals surface area contributed by atoms with Crippen LogP contribution in [-0.4, -0.2) is 11.7 Å². The molecule has 1 nitrogen and oxygen atoms in total. The van der Waals surface area contributed by atoms with Gasteiger partial charge >= 0.3 is 0 Å². The van der Waals surface area contributed by atoms with E-state index >= 15 is 0 Å². The molecule has 0 bridgehead atoms. The van der Waals surface area contributed by atoms with E-state index in [4.69, 9.17) is 6.48 Å². The van der Waals surface area contributed by atoms with Gasteiger partial charge in [-0.2, -0.15) is 0 Å². The summed E-state index contributed by atoms with van der Waals surface area (Å²) < 4.78 is 6.59. The van der Waals surface area contributed by atoms with Crippen LogP contribution in [0.5, 0.6) is 0 Å². The SMILES string of the molecule is [2H]CCCCO. The molecule has 0 spiro atoms. The Labute approximate surface area is 34.0 Å². The van der Waals surface area contributed by atoms with E-state index in [2.05, 4.69) is 0 Å². The number of aliphatic hydroxyl groups is 1. The number of hydrogen-bond donors (Lipinski definition) is 1. The molecule has 0 amide bonds. The van der Waals surface area contributed by atoms with Crippen LogP contribution in [0.3, 0.4) is 0 Å².